The first-order chi connectivity index (χ1) is 8.42. The molecule has 1 aromatic rings. The SMILES string of the molecule is CCCCCCNc1cccc2c1CCCC2. The van der Waals surface area contributed by atoms with Crippen LogP contribution in [0.3, 0.4) is 0 Å². The number of unbranched alkanes of at least 4 members (excludes halogenated alkanes) is 3. The molecule has 0 heterocycles. The minimum atomic E-state index is 1.14. The van der Waals surface area contributed by atoms with E-state index in [0.29, 0.717) is 0 Å². The van der Waals surface area contributed by atoms with Gasteiger partial charge in [0, 0.05) is 12.2 Å². The molecular formula is C16H25N. The number of rotatable bonds is 6. The topological polar surface area (TPSA) is 12.0 Å². The van der Waals surface area contributed by atoms with Crippen LogP contribution in [0.5, 0.6) is 0 Å². The van der Waals surface area contributed by atoms with Gasteiger partial charge in [0.15, 0.2) is 0 Å². The van der Waals surface area contributed by atoms with Crippen molar-refractivity contribution in [2.24, 2.45) is 0 Å². The lowest BCUT2D eigenvalue weighted by molar-refractivity contribution is 0.677. The lowest BCUT2D eigenvalue weighted by Gasteiger charge is -2.20. The summed E-state index contributed by atoms with van der Waals surface area (Å²) in [6, 6.07) is 6.76. The molecule has 0 bridgehead atoms. The zero-order valence-corrected chi connectivity index (χ0v) is 11.1. The molecule has 2 rings (SSSR count). The van der Waals surface area contributed by atoms with Crippen molar-refractivity contribution in [1.82, 2.24) is 0 Å². The van der Waals surface area contributed by atoms with E-state index in [9.17, 15) is 0 Å². The molecule has 1 aliphatic rings. The van der Waals surface area contributed by atoms with E-state index >= 15 is 0 Å². The molecule has 0 saturated heterocycles. The Morgan fingerprint density at radius 2 is 1.94 bits per heavy atom. The van der Waals surface area contributed by atoms with Crippen LogP contribution < -0.4 is 5.32 Å². The zero-order chi connectivity index (χ0) is 11.9. The van der Waals surface area contributed by atoms with Crippen LogP contribution in [-0.4, -0.2) is 6.54 Å². The summed E-state index contributed by atoms with van der Waals surface area (Å²) >= 11 is 0. The summed E-state index contributed by atoms with van der Waals surface area (Å²) in [4.78, 5) is 0. The van der Waals surface area contributed by atoms with Gasteiger partial charge in [-0.2, -0.15) is 0 Å². The molecule has 0 saturated carbocycles. The molecule has 0 amide bonds. The average molecular weight is 231 g/mol. The highest BCUT2D eigenvalue weighted by atomic mass is 14.9. The first kappa shape index (κ1) is 12.5. The Labute approximate surface area is 106 Å². The van der Waals surface area contributed by atoms with Gasteiger partial charge >= 0.3 is 0 Å². The van der Waals surface area contributed by atoms with Gasteiger partial charge < -0.3 is 5.32 Å². The first-order valence-corrected chi connectivity index (χ1v) is 7.26. The van der Waals surface area contributed by atoms with Gasteiger partial charge in [-0.15, -0.1) is 0 Å². The molecule has 1 nitrogen and oxygen atoms in total. The fourth-order valence-corrected chi connectivity index (χ4v) is 2.72. The molecule has 0 unspecified atom stereocenters. The number of hydrogen-bond donors (Lipinski definition) is 1. The summed E-state index contributed by atoms with van der Waals surface area (Å²) < 4.78 is 0. The van der Waals surface area contributed by atoms with E-state index in [2.05, 4.69) is 30.4 Å². The average Bonchev–Trinajstić information content (AvgIpc) is 2.39. The summed E-state index contributed by atoms with van der Waals surface area (Å²) in [5, 5.41) is 3.63. The molecule has 1 heteroatoms. The van der Waals surface area contributed by atoms with Crippen LogP contribution in [0.1, 0.15) is 56.6 Å². The van der Waals surface area contributed by atoms with Crippen LogP contribution >= 0.6 is 0 Å². The van der Waals surface area contributed by atoms with Crippen LogP contribution in [0.4, 0.5) is 5.69 Å². The third kappa shape index (κ3) is 3.49. The Hall–Kier alpha value is -0.980. The quantitative estimate of drug-likeness (QED) is 0.708. The van der Waals surface area contributed by atoms with E-state index in [1.54, 1.807) is 11.1 Å². The van der Waals surface area contributed by atoms with Gasteiger partial charge in [0.05, 0.1) is 0 Å². The monoisotopic (exact) mass is 231 g/mol. The van der Waals surface area contributed by atoms with E-state index < -0.39 is 0 Å². The lowest BCUT2D eigenvalue weighted by atomic mass is 9.90. The molecule has 0 aliphatic heterocycles. The van der Waals surface area contributed by atoms with Crippen LogP contribution in [0.15, 0.2) is 18.2 Å². The maximum absolute atomic E-state index is 3.63. The third-order valence-electron chi connectivity index (χ3n) is 3.74. The summed E-state index contributed by atoms with van der Waals surface area (Å²) in [7, 11) is 0. The zero-order valence-electron chi connectivity index (χ0n) is 11.1. The van der Waals surface area contributed by atoms with Crippen molar-refractivity contribution in [1.29, 1.82) is 0 Å². The van der Waals surface area contributed by atoms with Crippen molar-refractivity contribution >= 4 is 5.69 Å². The molecule has 1 aliphatic carbocycles. The highest BCUT2D eigenvalue weighted by Crippen LogP contribution is 2.27. The summed E-state index contributed by atoms with van der Waals surface area (Å²) in [6.45, 7) is 3.40. The molecule has 0 radical (unpaired) electrons. The van der Waals surface area contributed by atoms with Crippen molar-refractivity contribution in [3.8, 4) is 0 Å². The van der Waals surface area contributed by atoms with Crippen molar-refractivity contribution in [2.75, 3.05) is 11.9 Å². The van der Waals surface area contributed by atoms with Crippen LogP contribution in [0, 0.1) is 0 Å². The molecule has 17 heavy (non-hydrogen) atoms. The second kappa shape index (κ2) is 6.68. The highest BCUT2D eigenvalue weighted by Gasteiger charge is 2.11. The number of aryl methyl sites for hydroxylation is 1. The normalized spacial score (nSPS) is 14.4. The largest absolute Gasteiger partial charge is 0.385 e. The molecule has 1 N–H and O–H groups in total. The highest BCUT2D eigenvalue weighted by molar-refractivity contribution is 5.55. The Morgan fingerprint density at radius 1 is 1.06 bits per heavy atom. The predicted octanol–water partition coefficient (Wildman–Crippen LogP) is 4.56. The van der Waals surface area contributed by atoms with E-state index in [1.807, 2.05) is 0 Å². The summed E-state index contributed by atoms with van der Waals surface area (Å²) in [6.07, 6.45) is 10.6. The number of hydrogen-bond acceptors (Lipinski definition) is 1. The van der Waals surface area contributed by atoms with Crippen molar-refractivity contribution in [3.05, 3.63) is 29.3 Å². The second-order valence-corrected chi connectivity index (χ2v) is 5.14. The molecule has 0 spiro atoms. The first-order valence-electron chi connectivity index (χ1n) is 7.26. The van der Waals surface area contributed by atoms with Gasteiger partial charge in [0.2, 0.25) is 0 Å². The van der Waals surface area contributed by atoms with Crippen LogP contribution in [0.25, 0.3) is 0 Å². The Balaban J connectivity index is 1.87. The maximum Gasteiger partial charge on any atom is 0.0375 e. The van der Waals surface area contributed by atoms with E-state index in [1.165, 1.54) is 57.1 Å². The van der Waals surface area contributed by atoms with Crippen molar-refractivity contribution in [2.45, 2.75) is 58.3 Å². The Bertz CT molecular complexity index is 343. The van der Waals surface area contributed by atoms with Crippen LogP contribution in [0.2, 0.25) is 0 Å². The van der Waals surface area contributed by atoms with Crippen molar-refractivity contribution in [3.63, 3.8) is 0 Å². The Kier molecular flexibility index (Phi) is 4.90. The molecule has 0 aromatic heterocycles. The van der Waals surface area contributed by atoms with Gasteiger partial charge in [-0.25, -0.2) is 0 Å². The number of benzene rings is 1. The fourth-order valence-electron chi connectivity index (χ4n) is 2.72. The second-order valence-electron chi connectivity index (χ2n) is 5.14. The van der Waals surface area contributed by atoms with Gasteiger partial charge in [0.1, 0.15) is 0 Å². The number of anilines is 1. The van der Waals surface area contributed by atoms with Gasteiger partial charge in [-0.1, -0.05) is 38.3 Å². The number of fused-ring (bicyclic) bond motifs is 1. The van der Waals surface area contributed by atoms with E-state index in [-0.39, 0.29) is 0 Å². The minimum Gasteiger partial charge on any atom is -0.385 e. The minimum absolute atomic E-state index is 1.14. The fraction of sp³-hybridized carbons (Fsp3) is 0.625. The molecule has 0 atom stereocenters. The standard InChI is InChI=1S/C16H25N/c1-2-3-4-7-13-17-16-12-8-10-14-9-5-6-11-15(14)16/h8,10,12,17H,2-7,9,11,13H2,1H3. The van der Waals surface area contributed by atoms with Gasteiger partial charge in [0.25, 0.3) is 0 Å². The summed E-state index contributed by atoms with van der Waals surface area (Å²) in [5.41, 5.74) is 4.57. The lowest BCUT2D eigenvalue weighted by Crippen LogP contribution is -2.09. The Morgan fingerprint density at radius 3 is 2.82 bits per heavy atom. The van der Waals surface area contributed by atoms with Gasteiger partial charge in [-0.05, 0) is 49.3 Å². The predicted molar refractivity (Wildman–Crippen MR) is 75.7 cm³/mol. The third-order valence-corrected chi connectivity index (χ3v) is 3.74. The molecule has 0 fully saturated rings. The maximum atomic E-state index is 3.63. The smallest absolute Gasteiger partial charge is 0.0375 e. The number of nitrogens with one attached hydrogen (secondary N) is 1. The molecular weight excluding hydrogens is 206 g/mol. The van der Waals surface area contributed by atoms with Crippen molar-refractivity contribution < 1.29 is 0 Å². The molecule has 94 valence electrons. The van der Waals surface area contributed by atoms with Gasteiger partial charge in [-0.3, -0.25) is 0 Å². The van der Waals surface area contributed by atoms with E-state index in [0.717, 1.165) is 6.54 Å². The van der Waals surface area contributed by atoms with E-state index in [4.69, 9.17) is 0 Å². The van der Waals surface area contributed by atoms with Crippen LogP contribution in [-0.2, 0) is 12.8 Å². The summed E-state index contributed by atoms with van der Waals surface area (Å²) in [5.74, 6) is 0. The molecule has 1 aromatic carbocycles.